The Kier molecular flexibility index (Phi) is 4.90. The van der Waals surface area contributed by atoms with Crippen molar-refractivity contribution in [2.24, 2.45) is 0 Å². The minimum atomic E-state index is -4.34. The van der Waals surface area contributed by atoms with E-state index < -0.39 is 11.7 Å². The molecule has 21 heavy (non-hydrogen) atoms. The fourth-order valence-electron chi connectivity index (χ4n) is 1.90. The monoisotopic (exact) mass is 299 g/mol. The lowest BCUT2D eigenvalue weighted by molar-refractivity contribution is -0.137. The number of benzene rings is 1. The molecule has 2 rings (SSSR count). The van der Waals surface area contributed by atoms with Crippen LogP contribution in [0.25, 0.3) is 0 Å². The van der Waals surface area contributed by atoms with Crippen LogP contribution in [0.5, 0.6) is 5.75 Å². The first kappa shape index (κ1) is 15.4. The van der Waals surface area contributed by atoms with Crippen LogP contribution in [-0.2, 0) is 6.18 Å². The van der Waals surface area contributed by atoms with E-state index in [1.165, 1.54) is 18.4 Å². The van der Waals surface area contributed by atoms with Gasteiger partial charge in [0, 0.05) is 6.42 Å². The van der Waals surface area contributed by atoms with Crippen molar-refractivity contribution in [3.8, 4) is 5.75 Å². The molecule has 0 amide bonds. The number of alkyl halides is 3. The van der Waals surface area contributed by atoms with Crippen LogP contribution < -0.4 is 10.1 Å². The van der Waals surface area contributed by atoms with Gasteiger partial charge in [-0.15, -0.1) is 0 Å². The molecule has 0 radical (unpaired) electrons. The normalized spacial score (nSPS) is 13.1. The van der Waals surface area contributed by atoms with Crippen molar-refractivity contribution in [3.05, 3.63) is 54.0 Å². The molecule has 0 aliphatic rings. The van der Waals surface area contributed by atoms with Gasteiger partial charge in [-0.1, -0.05) is 0 Å². The zero-order valence-corrected chi connectivity index (χ0v) is 11.5. The molecule has 1 unspecified atom stereocenters. The number of halogens is 3. The number of hydrogen-bond acceptors (Lipinski definition) is 3. The Morgan fingerprint density at radius 2 is 1.90 bits per heavy atom. The standard InChI is InChI=1S/C15H16F3NO2/c1-19-9-8-14(13-3-2-10-20-13)21-12-6-4-11(5-7-12)15(16,17)18/h2-7,10,14,19H,8-9H2,1H3. The molecule has 0 fully saturated rings. The molecule has 0 saturated heterocycles. The quantitative estimate of drug-likeness (QED) is 0.874. The van der Waals surface area contributed by atoms with Gasteiger partial charge in [0.25, 0.3) is 0 Å². The average molecular weight is 299 g/mol. The summed E-state index contributed by atoms with van der Waals surface area (Å²) in [4.78, 5) is 0. The smallest absolute Gasteiger partial charge is 0.416 e. The van der Waals surface area contributed by atoms with Gasteiger partial charge in [-0.05, 0) is 50.0 Å². The van der Waals surface area contributed by atoms with Crippen molar-refractivity contribution in [2.45, 2.75) is 18.7 Å². The zero-order valence-electron chi connectivity index (χ0n) is 11.5. The highest BCUT2D eigenvalue weighted by Crippen LogP contribution is 2.31. The molecule has 114 valence electrons. The van der Waals surface area contributed by atoms with Gasteiger partial charge in [0.15, 0.2) is 6.10 Å². The molecule has 1 heterocycles. The van der Waals surface area contributed by atoms with Crippen molar-refractivity contribution in [1.82, 2.24) is 5.32 Å². The molecule has 1 N–H and O–H groups in total. The van der Waals surface area contributed by atoms with E-state index in [2.05, 4.69) is 5.32 Å². The topological polar surface area (TPSA) is 34.4 Å². The predicted octanol–water partition coefficient (Wildman–Crippen LogP) is 4.03. The molecule has 0 aliphatic carbocycles. The van der Waals surface area contributed by atoms with Gasteiger partial charge in [0.1, 0.15) is 11.5 Å². The summed E-state index contributed by atoms with van der Waals surface area (Å²) in [5.41, 5.74) is -0.695. The zero-order chi connectivity index (χ0) is 15.3. The Labute approximate surface area is 120 Å². The number of rotatable bonds is 6. The van der Waals surface area contributed by atoms with Gasteiger partial charge in [0.05, 0.1) is 11.8 Å². The Bertz CT molecular complexity index is 535. The Balaban J connectivity index is 2.09. The van der Waals surface area contributed by atoms with Crippen LogP contribution in [0, 0.1) is 0 Å². The lowest BCUT2D eigenvalue weighted by Gasteiger charge is -2.17. The summed E-state index contributed by atoms with van der Waals surface area (Å²) in [5.74, 6) is 1.02. The van der Waals surface area contributed by atoms with Gasteiger partial charge >= 0.3 is 6.18 Å². The molecule has 0 bridgehead atoms. The molecule has 0 saturated carbocycles. The van der Waals surface area contributed by atoms with Crippen molar-refractivity contribution in [3.63, 3.8) is 0 Å². The molecule has 2 aromatic rings. The summed E-state index contributed by atoms with van der Waals surface area (Å²) < 4.78 is 48.6. The van der Waals surface area contributed by atoms with Crippen LogP contribution in [-0.4, -0.2) is 13.6 Å². The second-order valence-electron chi connectivity index (χ2n) is 4.54. The molecule has 6 heteroatoms. The largest absolute Gasteiger partial charge is 0.482 e. The van der Waals surface area contributed by atoms with E-state index in [9.17, 15) is 13.2 Å². The molecule has 1 atom stereocenters. The molecule has 1 aromatic heterocycles. The summed E-state index contributed by atoms with van der Waals surface area (Å²) in [6.07, 6.45) is -2.50. The third-order valence-corrected chi connectivity index (χ3v) is 2.98. The van der Waals surface area contributed by atoms with E-state index >= 15 is 0 Å². The predicted molar refractivity (Wildman–Crippen MR) is 72.1 cm³/mol. The van der Waals surface area contributed by atoms with Crippen molar-refractivity contribution >= 4 is 0 Å². The van der Waals surface area contributed by atoms with Crippen LogP contribution in [0.2, 0.25) is 0 Å². The van der Waals surface area contributed by atoms with E-state index in [-0.39, 0.29) is 6.10 Å². The van der Waals surface area contributed by atoms with Crippen molar-refractivity contribution in [2.75, 3.05) is 13.6 Å². The third-order valence-electron chi connectivity index (χ3n) is 2.98. The Hall–Kier alpha value is -1.95. The SMILES string of the molecule is CNCCC(Oc1ccc(C(F)(F)F)cc1)c1ccco1. The lowest BCUT2D eigenvalue weighted by atomic mass is 10.2. The molecule has 0 aliphatic heterocycles. The average Bonchev–Trinajstić information content (AvgIpc) is 2.97. The highest BCUT2D eigenvalue weighted by molar-refractivity contribution is 5.29. The minimum Gasteiger partial charge on any atom is -0.482 e. The Morgan fingerprint density at radius 3 is 2.43 bits per heavy atom. The number of nitrogens with one attached hydrogen (secondary N) is 1. The summed E-state index contributed by atoms with van der Waals surface area (Å²) >= 11 is 0. The second kappa shape index (κ2) is 6.67. The molecular formula is C15H16F3NO2. The van der Waals surface area contributed by atoms with E-state index in [4.69, 9.17) is 9.15 Å². The molecule has 1 aromatic carbocycles. The first-order valence-corrected chi connectivity index (χ1v) is 6.52. The Morgan fingerprint density at radius 1 is 1.19 bits per heavy atom. The summed E-state index contributed by atoms with van der Waals surface area (Å²) in [6.45, 7) is 0.700. The van der Waals surface area contributed by atoms with Crippen LogP contribution in [0.4, 0.5) is 13.2 Å². The van der Waals surface area contributed by atoms with Crippen LogP contribution in [0.1, 0.15) is 23.8 Å². The van der Waals surface area contributed by atoms with Crippen LogP contribution in [0.3, 0.4) is 0 Å². The number of ether oxygens (including phenoxy) is 1. The molecular weight excluding hydrogens is 283 g/mol. The summed E-state index contributed by atoms with van der Waals surface area (Å²) in [6, 6.07) is 8.18. The van der Waals surface area contributed by atoms with Gasteiger partial charge in [-0.25, -0.2) is 0 Å². The maximum Gasteiger partial charge on any atom is 0.416 e. The fraction of sp³-hybridized carbons (Fsp3) is 0.333. The lowest BCUT2D eigenvalue weighted by Crippen LogP contribution is -2.16. The van der Waals surface area contributed by atoms with Gasteiger partial charge in [-0.3, -0.25) is 0 Å². The van der Waals surface area contributed by atoms with E-state index in [0.29, 0.717) is 24.5 Å². The van der Waals surface area contributed by atoms with E-state index in [0.717, 1.165) is 12.1 Å². The highest BCUT2D eigenvalue weighted by Gasteiger charge is 2.30. The third kappa shape index (κ3) is 4.26. The second-order valence-corrected chi connectivity index (χ2v) is 4.54. The van der Waals surface area contributed by atoms with Gasteiger partial charge < -0.3 is 14.5 Å². The van der Waals surface area contributed by atoms with Gasteiger partial charge in [0.2, 0.25) is 0 Å². The summed E-state index contributed by atoms with van der Waals surface area (Å²) in [5, 5.41) is 3.00. The highest BCUT2D eigenvalue weighted by atomic mass is 19.4. The molecule has 3 nitrogen and oxygen atoms in total. The minimum absolute atomic E-state index is 0.343. The maximum atomic E-state index is 12.5. The molecule has 0 spiro atoms. The van der Waals surface area contributed by atoms with E-state index in [1.54, 1.807) is 12.1 Å². The van der Waals surface area contributed by atoms with Crippen molar-refractivity contribution < 1.29 is 22.3 Å². The first-order chi connectivity index (χ1) is 10.0. The van der Waals surface area contributed by atoms with E-state index in [1.807, 2.05) is 7.05 Å². The van der Waals surface area contributed by atoms with Gasteiger partial charge in [-0.2, -0.15) is 13.2 Å². The van der Waals surface area contributed by atoms with Crippen molar-refractivity contribution in [1.29, 1.82) is 0 Å². The van der Waals surface area contributed by atoms with Crippen LogP contribution >= 0.6 is 0 Å². The number of furan rings is 1. The summed E-state index contributed by atoms with van der Waals surface area (Å²) in [7, 11) is 1.82. The van der Waals surface area contributed by atoms with Crippen LogP contribution in [0.15, 0.2) is 47.1 Å². The maximum absolute atomic E-state index is 12.5. The number of hydrogen-bond donors (Lipinski definition) is 1. The fourth-order valence-corrected chi connectivity index (χ4v) is 1.90. The first-order valence-electron chi connectivity index (χ1n) is 6.52.